The molecule has 2 aromatic rings. The summed E-state index contributed by atoms with van der Waals surface area (Å²) in [4.78, 5) is 13.3. The number of H-pyrrole nitrogens is 1. The number of nitrogens with two attached hydrogens (primary N) is 1. The Morgan fingerprint density at radius 2 is 1.95 bits per heavy atom. The molecule has 1 aliphatic rings. The lowest BCUT2D eigenvalue weighted by molar-refractivity contribution is 0.270. The molecule has 1 fully saturated rings. The zero-order valence-corrected chi connectivity index (χ0v) is 13.0. The summed E-state index contributed by atoms with van der Waals surface area (Å²) < 4.78 is 0. The molecule has 1 saturated heterocycles. The van der Waals surface area contributed by atoms with Crippen molar-refractivity contribution in [3.63, 3.8) is 0 Å². The Bertz CT molecular complexity index is 630. The molecule has 0 unspecified atom stereocenters. The highest BCUT2D eigenvalue weighted by molar-refractivity contribution is 5.59. The summed E-state index contributed by atoms with van der Waals surface area (Å²) in [6.07, 6.45) is 0. The highest BCUT2D eigenvalue weighted by Crippen LogP contribution is 2.21. The Morgan fingerprint density at radius 3 is 2.59 bits per heavy atom. The van der Waals surface area contributed by atoms with Crippen LogP contribution in [0.5, 0.6) is 0 Å². The maximum absolute atomic E-state index is 5.85. The average Bonchev–Trinajstić information content (AvgIpc) is 2.92. The lowest BCUT2D eigenvalue weighted by Crippen LogP contribution is -2.46. The molecule has 0 saturated carbocycles. The van der Waals surface area contributed by atoms with Gasteiger partial charge in [-0.25, -0.2) is 0 Å². The van der Waals surface area contributed by atoms with Gasteiger partial charge in [0.1, 0.15) is 11.6 Å². The summed E-state index contributed by atoms with van der Waals surface area (Å²) >= 11 is 0. The van der Waals surface area contributed by atoms with Gasteiger partial charge in [-0.05, 0) is 13.5 Å². The second-order valence-electron chi connectivity index (χ2n) is 5.45. The molecule has 1 aliphatic heterocycles. The van der Waals surface area contributed by atoms with Crippen molar-refractivity contribution in [2.75, 3.05) is 48.7 Å². The van der Waals surface area contributed by atoms with Crippen LogP contribution in [0.3, 0.4) is 0 Å². The maximum atomic E-state index is 5.85. The van der Waals surface area contributed by atoms with Gasteiger partial charge in [0.15, 0.2) is 5.82 Å². The number of nitrogens with zero attached hydrogens (tertiary/aromatic N) is 5. The molecule has 0 bridgehead atoms. The van der Waals surface area contributed by atoms with Gasteiger partial charge in [0.2, 0.25) is 5.95 Å². The van der Waals surface area contributed by atoms with Gasteiger partial charge in [-0.3, -0.25) is 5.10 Å². The summed E-state index contributed by atoms with van der Waals surface area (Å²) in [6, 6.07) is 3.83. The molecular formula is C14H22N8. The van der Waals surface area contributed by atoms with Crippen molar-refractivity contribution in [2.45, 2.75) is 13.8 Å². The number of nitrogen functional groups attached to an aromatic ring is 1. The van der Waals surface area contributed by atoms with Gasteiger partial charge in [0, 0.05) is 44.0 Å². The van der Waals surface area contributed by atoms with Crippen molar-refractivity contribution < 1.29 is 0 Å². The quantitative estimate of drug-likeness (QED) is 0.774. The third-order valence-electron chi connectivity index (χ3n) is 3.84. The lowest BCUT2D eigenvalue weighted by Gasteiger charge is -2.34. The molecule has 3 rings (SSSR count). The number of aromatic amines is 1. The number of likely N-dealkylation sites (N-methyl/N-ethyl adjacent to an activating group) is 1. The van der Waals surface area contributed by atoms with E-state index in [1.54, 1.807) is 0 Å². The van der Waals surface area contributed by atoms with Crippen molar-refractivity contribution in [1.29, 1.82) is 0 Å². The number of anilines is 4. The van der Waals surface area contributed by atoms with Crippen LogP contribution in [-0.4, -0.2) is 57.8 Å². The van der Waals surface area contributed by atoms with Crippen molar-refractivity contribution >= 4 is 23.4 Å². The van der Waals surface area contributed by atoms with Crippen LogP contribution < -0.4 is 16.0 Å². The van der Waals surface area contributed by atoms with Gasteiger partial charge in [0.05, 0.1) is 0 Å². The van der Waals surface area contributed by atoms with E-state index >= 15 is 0 Å². The van der Waals surface area contributed by atoms with Gasteiger partial charge >= 0.3 is 0 Å². The molecule has 0 amide bonds. The van der Waals surface area contributed by atoms with Crippen LogP contribution >= 0.6 is 0 Å². The highest BCUT2D eigenvalue weighted by atomic mass is 15.3. The van der Waals surface area contributed by atoms with Crippen LogP contribution in [-0.2, 0) is 0 Å². The first-order valence-electron chi connectivity index (χ1n) is 7.55. The normalized spacial score (nSPS) is 16.0. The Morgan fingerprint density at radius 1 is 1.18 bits per heavy atom. The average molecular weight is 302 g/mol. The minimum atomic E-state index is 0.269. The van der Waals surface area contributed by atoms with Gasteiger partial charge in [-0.1, -0.05) is 6.92 Å². The van der Waals surface area contributed by atoms with Crippen LogP contribution in [0.4, 0.5) is 23.4 Å². The lowest BCUT2D eigenvalue weighted by atomic mass is 10.3. The molecule has 0 aromatic carbocycles. The van der Waals surface area contributed by atoms with E-state index in [0.717, 1.165) is 50.1 Å². The molecule has 0 radical (unpaired) electrons. The van der Waals surface area contributed by atoms with E-state index < -0.39 is 0 Å². The van der Waals surface area contributed by atoms with E-state index in [1.807, 2.05) is 19.1 Å². The van der Waals surface area contributed by atoms with Crippen molar-refractivity contribution in [1.82, 2.24) is 25.1 Å². The zero-order valence-electron chi connectivity index (χ0n) is 13.0. The predicted molar refractivity (Wildman–Crippen MR) is 87.4 cm³/mol. The van der Waals surface area contributed by atoms with E-state index in [2.05, 4.69) is 42.2 Å². The van der Waals surface area contributed by atoms with E-state index in [4.69, 9.17) is 5.73 Å². The fraction of sp³-hybridized carbons (Fsp3) is 0.500. The Hall–Kier alpha value is -2.35. The number of rotatable bonds is 4. The maximum Gasteiger partial charge on any atom is 0.223 e. The standard InChI is InChI=1S/C14H22N8/c1-3-21-4-6-22(7-5-21)13-9-11(17-14(15)18-13)16-12-8-10(2)19-20-12/h8-9H,3-7H2,1-2H3,(H4,15,16,17,18,19,20). The molecule has 2 aromatic heterocycles. The fourth-order valence-corrected chi connectivity index (χ4v) is 2.59. The number of hydrogen-bond acceptors (Lipinski definition) is 7. The third kappa shape index (κ3) is 3.28. The topological polar surface area (TPSA) is 99.0 Å². The van der Waals surface area contributed by atoms with Crippen LogP contribution in [0, 0.1) is 6.92 Å². The number of aryl methyl sites for hydroxylation is 1. The zero-order chi connectivity index (χ0) is 15.5. The molecule has 3 heterocycles. The van der Waals surface area contributed by atoms with E-state index in [0.29, 0.717) is 5.82 Å². The van der Waals surface area contributed by atoms with Crippen molar-refractivity contribution in [2.24, 2.45) is 0 Å². The molecule has 118 valence electrons. The molecule has 22 heavy (non-hydrogen) atoms. The summed E-state index contributed by atoms with van der Waals surface area (Å²) in [7, 11) is 0. The largest absolute Gasteiger partial charge is 0.368 e. The van der Waals surface area contributed by atoms with Crippen LogP contribution in [0.1, 0.15) is 12.6 Å². The Balaban J connectivity index is 1.75. The van der Waals surface area contributed by atoms with Gasteiger partial charge in [-0.15, -0.1) is 0 Å². The first-order chi connectivity index (χ1) is 10.6. The van der Waals surface area contributed by atoms with Crippen molar-refractivity contribution in [3.05, 3.63) is 17.8 Å². The monoisotopic (exact) mass is 302 g/mol. The number of hydrogen-bond donors (Lipinski definition) is 3. The van der Waals surface area contributed by atoms with Gasteiger partial charge in [-0.2, -0.15) is 15.1 Å². The minimum Gasteiger partial charge on any atom is -0.368 e. The smallest absolute Gasteiger partial charge is 0.223 e. The molecular weight excluding hydrogens is 280 g/mol. The number of nitrogens with one attached hydrogen (secondary N) is 2. The minimum absolute atomic E-state index is 0.269. The molecule has 0 atom stereocenters. The summed E-state index contributed by atoms with van der Waals surface area (Å²) in [5.41, 5.74) is 6.84. The van der Waals surface area contributed by atoms with E-state index in [9.17, 15) is 0 Å². The van der Waals surface area contributed by atoms with Crippen LogP contribution in [0.25, 0.3) is 0 Å². The molecule has 8 nitrogen and oxygen atoms in total. The summed E-state index contributed by atoms with van der Waals surface area (Å²) in [6.45, 7) is 9.21. The van der Waals surface area contributed by atoms with Crippen LogP contribution in [0.15, 0.2) is 12.1 Å². The first-order valence-corrected chi connectivity index (χ1v) is 7.55. The van der Waals surface area contributed by atoms with Gasteiger partial charge in [0.25, 0.3) is 0 Å². The summed E-state index contributed by atoms with van der Waals surface area (Å²) in [5, 5.41) is 10.2. The van der Waals surface area contributed by atoms with E-state index in [-0.39, 0.29) is 5.95 Å². The Kier molecular flexibility index (Phi) is 4.10. The molecule has 4 N–H and O–H groups in total. The predicted octanol–water partition coefficient (Wildman–Crippen LogP) is 0.976. The van der Waals surface area contributed by atoms with Crippen LogP contribution in [0.2, 0.25) is 0 Å². The summed E-state index contributed by atoms with van der Waals surface area (Å²) in [5.74, 6) is 2.51. The molecule has 0 aliphatic carbocycles. The second kappa shape index (κ2) is 6.18. The SMILES string of the molecule is CCN1CCN(c2cc(Nc3cc(C)[nH]n3)nc(N)n2)CC1. The number of aromatic nitrogens is 4. The second-order valence-corrected chi connectivity index (χ2v) is 5.45. The Labute approximate surface area is 129 Å². The van der Waals surface area contributed by atoms with Gasteiger partial charge < -0.3 is 20.9 Å². The highest BCUT2D eigenvalue weighted by Gasteiger charge is 2.18. The van der Waals surface area contributed by atoms with E-state index in [1.165, 1.54) is 0 Å². The number of piperazine rings is 1. The third-order valence-corrected chi connectivity index (χ3v) is 3.84. The van der Waals surface area contributed by atoms with Crippen molar-refractivity contribution in [3.8, 4) is 0 Å². The fourth-order valence-electron chi connectivity index (χ4n) is 2.59. The first kappa shape index (κ1) is 14.6. The molecule has 0 spiro atoms. The molecule has 8 heteroatoms.